The number of nitrogens with two attached hydrogens (primary N) is 1. The standard InChI is InChI=1S/C35H47N9O4/c1-8-18-37-32-29(21-38-35(42-32)41-26-16-14-25(15-17-26)31(36)46)34(48)40-28-12-9-11-27(20-28)39-33(47)24(6)43(7)30(45)13-10-19-44(22(2)3)23(4)5/h9-17,20-24H,8,18-19H2,1-7H3,(H2,36,46)(H,39,47)(H,40,48)(H2,37,38,41,42)/b13-10+/t24-/m0/s1. The number of nitrogens with one attached hydrogen (secondary N) is 4. The van der Waals surface area contributed by atoms with E-state index in [9.17, 15) is 19.2 Å². The molecule has 0 saturated heterocycles. The summed E-state index contributed by atoms with van der Waals surface area (Å²) in [5.74, 6) is -1.04. The molecule has 13 heteroatoms. The smallest absolute Gasteiger partial charge is 0.260 e. The Morgan fingerprint density at radius 3 is 2.17 bits per heavy atom. The molecule has 0 unspecified atom stereocenters. The molecule has 0 aliphatic heterocycles. The lowest BCUT2D eigenvalue weighted by atomic mass is 10.2. The summed E-state index contributed by atoms with van der Waals surface area (Å²) < 4.78 is 0. The maximum atomic E-state index is 13.3. The van der Waals surface area contributed by atoms with E-state index in [1.165, 1.54) is 17.2 Å². The Kier molecular flexibility index (Phi) is 13.6. The fourth-order valence-corrected chi connectivity index (χ4v) is 4.73. The summed E-state index contributed by atoms with van der Waals surface area (Å²) in [5.41, 5.74) is 7.44. The Bertz CT molecular complexity index is 1600. The fraction of sp³-hybridized carbons (Fsp3) is 0.371. The Labute approximate surface area is 282 Å². The fourth-order valence-electron chi connectivity index (χ4n) is 4.73. The normalized spacial score (nSPS) is 11.9. The first-order valence-corrected chi connectivity index (χ1v) is 16.0. The van der Waals surface area contributed by atoms with E-state index in [0.717, 1.165) is 6.42 Å². The summed E-state index contributed by atoms with van der Waals surface area (Å²) >= 11 is 0. The number of benzene rings is 2. The Morgan fingerprint density at radius 2 is 1.56 bits per heavy atom. The number of rotatable bonds is 16. The summed E-state index contributed by atoms with van der Waals surface area (Å²) in [6, 6.07) is 13.2. The van der Waals surface area contributed by atoms with Crippen LogP contribution < -0.4 is 27.0 Å². The van der Waals surface area contributed by atoms with Gasteiger partial charge in [0.05, 0.1) is 0 Å². The first kappa shape index (κ1) is 37.2. The summed E-state index contributed by atoms with van der Waals surface area (Å²) in [4.78, 5) is 63.0. The number of aromatic nitrogens is 2. The number of carbonyl (C=O) groups excluding carboxylic acids is 4. The van der Waals surface area contributed by atoms with Crippen LogP contribution in [0.5, 0.6) is 0 Å². The summed E-state index contributed by atoms with van der Waals surface area (Å²) in [6.45, 7) is 13.3. The minimum Gasteiger partial charge on any atom is -0.369 e. The van der Waals surface area contributed by atoms with E-state index in [0.29, 0.717) is 53.6 Å². The van der Waals surface area contributed by atoms with E-state index in [1.807, 2.05) is 13.0 Å². The van der Waals surface area contributed by atoms with Gasteiger partial charge in [0.2, 0.25) is 23.7 Å². The second-order valence-electron chi connectivity index (χ2n) is 11.9. The van der Waals surface area contributed by atoms with Gasteiger partial charge in [-0.25, -0.2) is 4.98 Å². The average Bonchev–Trinajstić information content (AvgIpc) is 3.04. The van der Waals surface area contributed by atoms with Crippen molar-refractivity contribution in [2.24, 2.45) is 5.73 Å². The van der Waals surface area contributed by atoms with Crippen molar-refractivity contribution < 1.29 is 19.2 Å². The molecule has 0 spiro atoms. The van der Waals surface area contributed by atoms with Gasteiger partial charge in [-0.1, -0.05) is 19.1 Å². The van der Waals surface area contributed by atoms with Gasteiger partial charge in [-0.05, 0) is 83.5 Å². The van der Waals surface area contributed by atoms with Gasteiger partial charge in [-0.2, -0.15) is 4.98 Å². The molecule has 0 fully saturated rings. The molecule has 256 valence electrons. The molecule has 3 aromatic rings. The lowest BCUT2D eigenvalue weighted by Crippen LogP contribution is -2.42. The molecule has 1 aromatic heterocycles. The van der Waals surface area contributed by atoms with E-state index in [2.05, 4.69) is 63.8 Å². The van der Waals surface area contributed by atoms with Gasteiger partial charge in [-0.15, -0.1) is 0 Å². The zero-order valence-corrected chi connectivity index (χ0v) is 28.7. The highest BCUT2D eigenvalue weighted by atomic mass is 16.2. The number of likely N-dealkylation sites (N-methyl/N-ethyl adjacent to an activating group) is 1. The third-order valence-electron chi connectivity index (χ3n) is 7.60. The van der Waals surface area contributed by atoms with Gasteiger partial charge >= 0.3 is 0 Å². The van der Waals surface area contributed by atoms with Crippen molar-refractivity contribution in [1.29, 1.82) is 0 Å². The molecule has 0 radical (unpaired) electrons. The molecule has 3 rings (SSSR count). The van der Waals surface area contributed by atoms with Crippen molar-refractivity contribution >= 4 is 52.5 Å². The summed E-state index contributed by atoms with van der Waals surface area (Å²) in [7, 11) is 1.59. The average molecular weight is 658 g/mol. The number of primary amides is 1. The molecule has 4 amide bonds. The van der Waals surface area contributed by atoms with Crippen LogP contribution in [0.3, 0.4) is 0 Å². The number of nitrogens with zero attached hydrogens (tertiary/aromatic N) is 4. The van der Waals surface area contributed by atoms with Crippen molar-refractivity contribution in [2.75, 3.05) is 41.4 Å². The highest BCUT2D eigenvalue weighted by Crippen LogP contribution is 2.21. The van der Waals surface area contributed by atoms with Crippen LogP contribution in [0.25, 0.3) is 0 Å². The highest BCUT2D eigenvalue weighted by Gasteiger charge is 2.22. The third-order valence-corrected chi connectivity index (χ3v) is 7.60. The molecule has 0 aliphatic carbocycles. The second-order valence-corrected chi connectivity index (χ2v) is 11.9. The Hall–Kier alpha value is -5.30. The van der Waals surface area contributed by atoms with Crippen LogP contribution in [-0.2, 0) is 9.59 Å². The van der Waals surface area contributed by atoms with Crippen molar-refractivity contribution in [2.45, 2.75) is 66.1 Å². The molecule has 2 aromatic carbocycles. The Morgan fingerprint density at radius 1 is 0.917 bits per heavy atom. The minimum absolute atomic E-state index is 0.222. The lowest BCUT2D eigenvalue weighted by Gasteiger charge is -2.29. The zero-order chi connectivity index (χ0) is 35.4. The molecule has 48 heavy (non-hydrogen) atoms. The Balaban J connectivity index is 1.66. The zero-order valence-electron chi connectivity index (χ0n) is 28.7. The van der Waals surface area contributed by atoms with Gasteiger partial charge in [0.15, 0.2) is 0 Å². The van der Waals surface area contributed by atoms with Crippen molar-refractivity contribution in [3.05, 3.63) is 78.0 Å². The predicted octanol–water partition coefficient (Wildman–Crippen LogP) is 4.85. The first-order valence-electron chi connectivity index (χ1n) is 16.0. The minimum atomic E-state index is -0.746. The van der Waals surface area contributed by atoms with Crippen LogP contribution >= 0.6 is 0 Å². The second kappa shape index (κ2) is 17.6. The lowest BCUT2D eigenvalue weighted by molar-refractivity contribution is -0.132. The number of hydrogen-bond donors (Lipinski definition) is 5. The largest absolute Gasteiger partial charge is 0.369 e. The highest BCUT2D eigenvalue weighted by molar-refractivity contribution is 6.08. The van der Waals surface area contributed by atoms with Crippen molar-refractivity contribution in [1.82, 2.24) is 19.8 Å². The van der Waals surface area contributed by atoms with Crippen LogP contribution in [0.1, 0.15) is 68.7 Å². The topological polar surface area (TPSA) is 175 Å². The molecule has 13 nitrogen and oxygen atoms in total. The molecule has 1 heterocycles. The monoisotopic (exact) mass is 657 g/mol. The van der Waals surface area contributed by atoms with E-state index in [-0.39, 0.29) is 23.3 Å². The predicted molar refractivity (Wildman–Crippen MR) is 190 cm³/mol. The molecular formula is C35H47N9O4. The summed E-state index contributed by atoms with van der Waals surface area (Å²) in [6.07, 6.45) is 5.53. The molecule has 1 atom stereocenters. The van der Waals surface area contributed by atoms with Crippen molar-refractivity contribution in [3.63, 3.8) is 0 Å². The van der Waals surface area contributed by atoms with Gasteiger partial charge < -0.3 is 31.9 Å². The van der Waals surface area contributed by atoms with Gasteiger partial charge in [0.25, 0.3) is 5.91 Å². The molecule has 0 bridgehead atoms. The first-order chi connectivity index (χ1) is 22.8. The maximum Gasteiger partial charge on any atom is 0.260 e. The van der Waals surface area contributed by atoms with Crippen LogP contribution in [0.15, 0.2) is 66.9 Å². The molecule has 0 saturated carbocycles. The van der Waals surface area contributed by atoms with E-state index in [1.54, 1.807) is 62.5 Å². The molecule has 0 aliphatic rings. The number of hydrogen-bond acceptors (Lipinski definition) is 9. The van der Waals surface area contributed by atoms with Crippen LogP contribution in [0.4, 0.5) is 28.8 Å². The van der Waals surface area contributed by atoms with Crippen LogP contribution in [0, 0.1) is 0 Å². The molecule has 6 N–H and O–H groups in total. The molecular weight excluding hydrogens is 610 g/mol. The summed E-state index contributed by atoms with van der Waals surface area (Å²) in [5, 5.41) is 11.9. The third kappa shape index (κ3) is 10.6. The quantitative estimate of drug-likeness (QED) is 0.135. The van der Waals surface area contributed by atoms with E-state index >= 15 is 0 Å². The van der Waals surface area contributed by atoms with E-state index in [4.69, 9.17) is 5.73 Å². The van der Waals surface area contributed by atoms with Crippen molar-refractivity contribution in [3.8, 4) is 0 Å². The number of anilines is 5. The number of carbonyl (C=O) groups is 4. The SMILES string of the molecule is CCCNc1nc(Nc2ccc(C(N)=O)cc2)ncc1C(=O)Nc1cccc(NC(=O)[C@H](C)N(C)C(=O)/C=C/CN(C(C)C)C(C)C)c1. The van der Waals surface area contributed by atoms with E-state index < -0.39 is 17.9 Å². The maximum absolute atomic E-state index is 13.3. The van der Waals surface area contributed by atoms with Gasteiger partial charge in [0.1, 0.15) is 17.4 Å². The number of amides is 4. The van der Waals surface area contributed by atoms with Gasteiger partial charge in [-0.3, -0.25) is 24.1 Å². The van der Waals surface area contributed by atoms with Crippen LogP contribution in [-0.4, -0.2) is 81.7 Å². The van der Waals surface area contributed by atoms with Crippen LogP contribution in [0.2, 0.25) is 0 Å². The van der Waals surface area contributed by atoms with Gasteiger partial charge in [0, 0.05) is 67.1 Å².